The molecule has 2 heterocycles. The van der Waals surface area contributed by atoms with Crippen LogP contribution in [0.4, 0.5) is 8.78 Å². The molecule has 9 heteroatoms. The van der Waals surface area contributed by atoms with Crippen LogP contribution in [0.1, 0.15) is 27.0 Å². The van der Waals surface area contributed by atoms with Crippen molar-refractivity contribution in [3.8, 4) is 5.88 Å². The molecular formula is C25H20BrF2N3O2S. The van der Waals surface area contributed by atoms with Crippen molar-refractivity contribution in [2.45, 2.75) is 18.4 Å². The first-order chi connectivity index (χ1) is 16.4. The zero-order chi connectivity index (χ0) is 23.9. The van der Waals surface area contributed by atoms with Gasteiger partial charge in [-0.2, -0.15) is 0 Å². The van der Waals surface area contributed by atoms with Crippen molar-refractivity contribution < 1.29 is 18.3 Å². The molecule has 0 unspecified atom stereocenters. The largest absolute Gasteiger partial charge is 0.481 e. The monoisotopic (exact) mass is 543 g/mol. The number of ether oxygens (including phenoxy) is 1. The van der Waals surface area contributed by atoms with Gasteiger partial charge in [-0.25, -0.2) is 18.8 Å². The van der Waals surface area contributed by atoms with Crippen LogP contribution >= 0.6 is 27.7 Å². The van der Waals surface area contributed by atoms with E-state index in [0.717, 1.165) is 21.7 Å². The quantitative estimate of drug-likeness (QED) is 0.488. The normalized spacial score (nSPS) is 21.2. The zero-order valence-corrected chi connectivity index (χ0v) is 20.6. The maximum atomic E-state index is 15.2. The smallest absolute Gasteiger partial charge is 0.257 e. The number of amides is 1. The summed E-state index contributed by atoms with van der Waals surface area (Å²) in [6, 6.07) is 12.4. The van der Waals surface area contributed by atoms with E-state index in [0.29, 0.717) is 40.8 Å². The molecule has 1 amide bonds. The van der Waals surface area contributed by atoms with Crippen LogP contribution < -0.4 is 10.1 Å². The molecule has 0 bridgehead atoms. The van der Waals surface area contributed by atoms with Crippen LogP contribution in [0.5, 0.6) is 5.88 Å². The highest BCUT2D eigenvalue weighted by Gasteiger charge is 2.49. The van der Waals surface area contributed by atoms with Crippen molar-refractivity contribution in [1.82, 2.24) is 10.3 Å². The van der Waals surface area contributed by atoms with E-state index < -0.39 is 17.2 Å². The average Bonchev–Trinajstić information content (AvgIpc) is 2.83. The Morgan fingerprint density at radius 1 is 1.21 bits per heavy atom. The van der Waals surface area contributed by atoms with Crippen molar-refractivity contribution >= 4 is 38.8 Å². The van der Waals surface area contributed by atoms with Crippen LogP contribution in [0.3, 0.4) is 0 Å². The number of aromatic nitrogens is 1. The Kier molecular flexibility index (Phi) is 6.16. The van der Waals surface area contributed by atoms with Crippen molar-refractivity contribution in [2.24, 2.45) is 10.9 Å². The topological polar surface area (TPSA) is 63.6 Å². The zero-order valence-electron chi connectivity index (χ0n) is 18.1. The maximum absolute atomic E-state index is 15.2. The van der Waals surface area contributed by atoms with E-state index in [2.05, 4.69) is 26.2 Å². The average molecular weight is 544 g/mol. The number of methoxy groups -OCH3 is 1. The highest BCUT2D eigenvalue weighted by Crippen LogP contribution is 2.51. The number of nitrogens with zero attached hydrogens (tertiary/aromatic N) is 2. The minimum Gasteiger partial charge on any atom is -0.481 e. The van der Waals surface area contributed by atoms with Gasteiger partial charge >= 0.3 is 0 Å². The molecule has 0 radical (unpaired) electrons. The number of benzene rings is 2. The molecule has 0 saturated heterocycles. The summed E-state index contributed by atoms with van der Waals surface area (Å²) >= 11 is 5.01. The first-order valence-corrected chi connectivity index (χ1v) is 12.4. The molecule has 0 saturated carbocycles. The standard InChI is InChI=1S/C25H20BrF2N3O2S/c1-33-23-18-11-25(19-8-7-16(27)10-21(19)28)15(9-17(18)20(26)12-29-23)13-34-24(31-25)30-22(32)14-5-3-2-4-6-14/h2-8,10,12,15H,9,11,13H2,1H3,(H,30,31,32)/t15-,25-/m1/s1. The van der Waals surface area contributed by atoms with Gasteiger partial charge in [-0.3, -0.25) is 4.79 Å². The predicted octanol–water partition coefficient (Wildman–Crippen LogP) is 5.27. The van der Waals surface area contributed by atoms with Crippen molar-refractivity contribution in [3.63, 3.8) is 0 Å². The summed E-state index contributed by atoms with van der Waals surface area (Å²) in [4.78, 5) is 22.1. The Labute approximate surface area is 208 Å². The second-order valence-corrected chi connectivity index (χ2v) is 10.1. The fourth-order valence-corrected chi connectivity index (χ4v) is 6.36. The number of fused-ring (bicyclic) bond motifs is 2. The third-order valence-corrected chi connectivity index (χ3v) is 8.07. The molecule has 2 aliphatic rings. The highest BCUT2D eigenvalue weighted by molar-refractivity contribution is 9.10. The van der Waals surface area contributed by atoms with Crippen LogP contribution in [0.2, 0.25) is 0 Å². The number of hydrogen-bond acceptors (Lipinski definition) is 5. The highest BCUT2D eigenvalue weighted by atomic mass is 79.9. The molecule has 1 N–H and O–H groups in total. The Bertz CT molecular complexity index is 1300. The van der Waals surface area contributed by atoms with Gasteiger partial charge in [0.1, 0.15) is 11.6 Å². The molecule has 34 heavy (non-hydrogen) atoms. The molecule has 174 valence electrons. The van der Waals surface area contributed by atoms with Crippen molar-refractivity contribution in [2.75, 3.05) is 12.9 Å². The second kappa shape index (κ2) is 9.11. The molecule has 1 aliphatic heterocycles. The first kappa shape index (κ1) is 23.0. The van der Waals surface area contributed by atoms with E-state index in [-0.39, 0.29) is 11.8 Å². The Morgan fingerprint density at radius 3 is 2.74 bits per heavy atom. The van der Waals surface area contributed by atoms with Gasteiger partial charge in [0.15, 0.2) is 5.17 Å². The Morgan fingerprint density at radius 2 is 2.00 bits per heavy atom. The fraction of sp³-hybridized carbons (Fsp3) is 0.240. The lowest BCUT2D eigenvalue weighted by Gasteiger charge is -2.45. The van der Waals surface area contributed by atoms with E-state index in [1.807, 2.05) is 6.07 Å². The Balaban J connectivity index is 1.63. The predicted molar refractivity (Wildman–Crippen MR) is 131 cm³/mol. The van der Waals surface area contributed by atoms with E-state index in [1.165, 1.54) is 23.9 Å². The lowest BCUT2D eigenvalue weighted by molar-refractivity contribution is 0.0977. The minimum absolute atomic E-state index is 0.0919. The molecule has 0 fully saturated rings. The molecule has 2 aromatic carbocycles. The van der Waals surface area contributed by atoms with E-state index in [1.54, 1.807) is 37.6 Å². The van der Waals surface area contributed by atoms with Gasteiger partial charge in [0.25, 0.3) is 5.91 Å². The van der Waals surface area contributed by atoms with Crippen LogP contribution in [0.25, 0.3) is 0 Å². The van der Waals surface area contributed by atoms with Gasteiger partial charge in [-0.05, 0) is 46.1 Å². The number of thioether (sulfide) groups is 1. The van der Waals surface area contributed by atoms with Crippen LogP contribution in [-0.4, -0.2) is 28.9 Å². The lowest BCUT2D eigenvalue weighted by Crippen LogP contribution is -2.48. The summed E-state index contributed by atoms with van der Waals surface area (Å²) in [7, 11) is 1.54. The summed E-state index contributed by atoms with van der Waals surface area (Å²) in [6.07, 6.45) is 2.60. The maximum Gasteiger partial charge on any atom is 0.257 e. The first-order valence-electron chi connectivity index (χ1n) is 10.7. The van der Waals surface area contributed by atoms with Crippen LogP contribution in [0, 0.1) is 17.6 Å². The van der Waals surface area contributed by atoms with Gasteiger partial charge in [0, 0.05) is 51.5 Å². The summed E-state index contributed by atoms with van der Waals surface area (Å²) in [6.45, 7) is 0. The van der Waals surface area contributed by atoms with Crippen molar-refractivity contribution in [3.05, 3.63) is 93.1 Å². The number of carbonyl (C=O) groups is 1. The van der Waals surface area contributed by atoms with Gasteiger partial charge < -0.3 is 10.1 Å². The molecule has 5 rings (SSSR count). The summed E-state index contributed by atoms with van der Waals surface area (Å²) in [5, 5.41) is 3.28. The molecule has 1 aromatic heterocycles. The molecule has 1 aliphatic carbocycles. The van der Waals surface area contributed by atoms with Crippen LogP contribution in [-0.2, 0) is 18.4 Å². The summed E-state index contributed by atoms with van der Waals surface area (Å²) in [5.74, 6) is -0.661. The molecule has 5 nitrogen and oxygen atoms in total. The fourth-order valence-electron chi connectivity index (χ4n) is 4.71. The van der Waals surface area contributed by atoms with Gasteiger partial charge in [-0.1, -0.05) is 36.0 Å². The number of nitrogens with one attached hydrogen (secondary N) is 1. The van der Waals surface area contributed by atoms with Crippen molar-refractivity contribution in [1.29, 1.82) is 0 Å². The third kappa shape index (κ3) is 4.01. The number of aliphatic imine (C=N–C) groups is 1. The number of rotatable bonds is 3. The number of pyridine rings is 1. The molecule has 2 atom stereocenters. The SMILES string of the molecule is COc1ncc(Br)c2c1C[C@@]1(c3ccc(F)cc3F)N=C(NC(=O)c3ccccc3)SC[C@H]1C2. The lowest BCUT2D eigenvalue weighted by atomic mass is 9.67. The van der Waals surface area contributed by atoms with Gasteiger partial charge in [0.2, 0.25) is 5.88 Å². The summed E-state index contributed by atoms with van der Waals surface area (Å²) in [5.41, 5.74) is 1.60. The van der Waals surface area contributed by atoms with Crippen LogP contribution in [0.15, 0.2) is 64.2 Å². The number of halogens is 3. The third-order valence-electron chi connectivity index (χ3n) is 6.35. The Hall–Kier alpha value is -2.78. The van der Waals surface area contributed by atoms with Gasteiger partial charge in [0.05, 0.1) is 12.6 Å². The minimum atomic E-state index is -1.05. The summed E-state index contributed by atoms with van der Waals surface area (Å²) < 4.78 is 35.4. The van der Waals surface area contributed by atoms with Gasteiger partial charge in [-0.15, -0.1) is 0 Å². The molecular weight excluding hydrogens is 524 g/mol. The van der Waals surface area contributed by atoms with E-state index in [9.17, 15) is 9.18 Å². The van der Waals surface area contributed by atoms with E-state index >= 15 is 4.39 Å². The molecule has 0 spiro atoms. The second-order valence-electron chi connectivity index (χ2n) is 8.25. The molecule has 3 aromatic rings. The number of amidine groups is 1. The number of carbonyl (C=O) groups excluding carboxylic acids is 1. The van der Waals surface area contributed by atoms with E-state index in [4.69, 9.17) is 9.73 Å². The number of hydrogen-bond donors (Lipinski definition) is 1.